The van der Waals surface area contributed by atoms with Crippen molar-refractivity contribution in [2.75, 3.05) is 19.1 Å². The zero-order chi connectivity index (χ0) is 12.4. The minimum Gasteiger partial charge on any atom is -0.495 e. The Balaban J connectivity index is 2.63. The Morgan fingerprint density at radius 1 is 1.41 bits per heavy atom. The molecule has 0 bridgehead atoms. The van der Waals surface area contributed by atoms with E-state index in [0.29, 0.717) is 22.8 Å². The molecule has 0 radical (unpaired) electrons. The van der Waals surface area contributed by atoms with Crippen LogP contribution in [0.3, 0.4) is 0 Å². The van der Waals surface area contributed by atoms with Crippen molar-refractivity contribution in [1.29, 1.82) is 0 Å². The molecule has 90 valence electrons. The van der Waals surface area contributed by atoms with Gasteiger partial charge >= 0.3 is 0 Å². The average Bonchev–Trinajstić information content (AvgIpc) is 2.74. The van der Waals surface area contributed by atoms with Crippen molar-refractivity contribution >= 4 is 17.6 Å². The lowest BCUT2D eigenvalue weighted by atomic mass is 10.1. The normalized spacial score (nSPS) is 10.5. The molecule has 1 heterocycles. The maximum absolute atomic E-state index is 13.5. The van der Waals surface area contributed by atoms with Gasteiger partial charge in [0.15, 0.2) is 0 Å². The maximum Gasteiger partial charge on any atom is 0.145 e. The lowest BCUT2D eigenvalue weighted by Gasteiger charge is -2.11. The Morgan fingerprint density at radius 3 is 2.71 bits per heavy atom. The zero-order valence-corrected chi connectivity index (χ0v) is 10.3. The van der Waals surface area contributed by atoms with Crippen LogP contribution in [0.25, 0.3) is 11.3 Å². The number of hydrogen-bond donors (Lipinski definition) is 2. The number of nitrogens with one attached hydrogen (secondary N) is 1. The van der Waals surface area contributed by atoms with Crippen molar-refractivity contribution in [2.24, 2.45) is 0 Å². The lowest BCUT2D eigenvalue weighted by molar-refractivity contribution is 0.405. The van der Waals surface area contributed by atoms with Gasteiger partial charge in [0, 0.05) is 11.6 Å². The summed E-state index contributed by atoms with van der Waals surface area (Å²) in [5.74, 6) is 0.651. The first-order valence-electron chi connectivity index (χ1n) is 4.88. The van der Waals surface area contributed by atoms with E-state index < -0.39 is 0 Å². The van der Waals surface area contributed by atoms with Crippen LogP contribution < -0.4 is 10.5 Å². The number of anilines is 1. The number of aromatic nitrogens is 2. The third-order valence-electron chi connectivity index (χ3n) is 2.33. The number of rotatable bonds is 3. The Hall–Kier alpha value is -1.69. The van der Waals surface area contributed by atoms with Crippen molar-refractivity contribution in [3.8, 4) is 17.0 Å². The summed E-state index contributed by atoms with van der Waals surface area (Å²) < 4.78 is 18.8. The molecule has 2 aromatic rings. The second-order valence-electron chi connectivity index (χ2n) is 3.40. The van der Waals surface area contributed by atoms with E-state index >= 15 is 0 Å². The van der Waals surface area contributed by atoms with Crippen molar-refractivity contribution in [3.05, 3.63) is 24.0 Å². The number of thioether (sulfide) groups is 1. The van der Waals surface area contributed by atoms with Gasteiger partial charge in [-0.25, -0.2) is 4.39 Å². The number of H-pyrrole nitrogens is 1. The summed E-state index contributed by atoms with van der Waals surface area (Å²) in [4.78, 5) is 0.732. The van der Waals surface area contributed by atoms with Crippen LogP contribution in [0.2, 0.25) is 0 Å². The fourth-order valence-electron chi connectivity index (χ4n) is 1.61. The molecule has 0 fully saturated rings. The number of aromatic amines is 1. The molecule has 17 heavy (non-hydrogen) atoms. The van der Waals surface area contributed by atoms with Gasteiger partial charge in [-0.2, -0.15) is 5.10 Å². The molecule has 0 atom stereocenters. The number of benzene rings is 1. The molecule has 3 N–H and O–H groups in total. The van der Waals surface area contributed by atoms with Crippen LogP contribution in [-0.2, 0) is 0 Å². The number of methoxy groups -OCH3 is 1. The number of ether oxygens (including phenoxy) is 1. The smallest absolute Gasteiger partial charge is 0.145 e. The average molecular weight is 253 g/mol. The molecule has 2 rings (SSSR count). The van der Waals surface area contributed by atoms with E-state index in [0.717, 1.165) is 4.90 Å². The lowest BCUT2D eigenvalue weighted by Crippen LogP contribution is -1.92. The predicted octanol–water partition coefficient (Wildman–Crippen LogP) is 2.53. The van der Waals surface area contributed by atoms with Crippen molar-refractivity contribution < 1.29 is 9.13 Å². The van der Waals surface area contributed by atoms with Gasteiger partial charge in [0.2, 0.25) is 0 Å². The fourth-order valence-corrected chi connectivity index (χ4v) is 2.22. The van der Waals surface area contributed by atoms with E-state index in [1.165, 1.54) is 23.9 Å². The van der Waals surface area contributed by atoms with Gasteiger partial charge in [-0.15, -0.1) is 11.8 Å². The number of halogens is 1. The zero-order valence-electron chi connectivity index (χ0n) is 9.45. The molecule has 0 aliphatic heterocycles. The van der Waals surface area contributed by atoms with Crippen LogP contribution in [0.1, 0.15) is 0 Å². The third-order valence-corrected chi connectivity index (χ3v) is 3.07. The first-order valence-corrected chi connectivity index (χ1v) is 6.11. The molecular weight excluding hydrogens is 241 g/mol. The Labute approximate surface area is 102 Å². The highest BCUT2D eigenvalue weighted by Gasteiger charge is 2.14. The van der Waals surface area contributed by atoms with Gasteiger partial charge in [-0.1, -0.05) is 0 Å². The molecule has 0 aliphatic rings. The van der Waals surface area contributed by atoms with E-state index in [1.54, 1.807) is 13.2 Å². The van der Waals surface area contributed by atoms with Crippen molar-refractivity contribution in [3.63, 3.8) is 0 Å². The molecule has 0 saturated heterocycles. The number of nitrogens with two attached hydrogens (primary N) is 1. The molecule has 4 nitrogen and oxygen atoms in total. The van der Waals surface area contributed by atoms with E-state index in [9.17, 15) is 4.39 Å². The van der Waals surface area contributed by atoms with E-state index in [1.807, 2.05) is 6.26 Å². The largest absolute Gasteiger partial charge is 0.495 e. The Kier molecular flexibility index (Phi) is 3.23. The molecule has 0 saturated carbocycles. The summed E-state index contributed by atoms with van der Waals surface area (Å²) in [5, 5.41) is 6.57. The molecule has 1 aromatic carbocycles. The molecule has 0 unspecified atom stereocenters. The maximum atomic E-state index is 13.5. The summed E-state index contributed by atoms with van der Waals surface area (Å²) in [6, 6.07) is 4.47. The highest BCUT2D eigenvalue weighted by molar-refractivity contribution is 7.98. The van der Waals surface area contributed by atoms with Gasteiger partial charge in [-0.05, 0) is 18.4 Å². The highest BCUT2D eigenvalue weighted by atomic mass is 32.2. The molecule has 0 spiro atoms. The molecular formula is C11H12FN3OS. The summed E-state index contributed by atoms with van der Waals surface area (Å²) in [5.41, 5.74) is 6.78. The van der Waals surface area contributed by atoms with Crippen LogP contribution in [-0.4, -0.2) is 23.6 Å². The van der Waals surface area contributed by atoms with E-state index in [2.05, 4.69) is 10.2 Å². The molecule has 6 heteroatoms. The summed E-state index contributed by atoms with van der Waals surface area (Å²) in [7, 11) is 1.55. The van der Waals surface area contributed by atoms with E-state index in [4.69, 9.17) is 10.5 Å². The van der Waals surface area contributed by atoms with Gasteiger partial charge in [0.05, 0.1) is 17.7 Å². The molecule has 1 aromatic heterocycles. The quantitative estimate of drug-likeness (QED) is 0.825. The fraction of sp³-hybridized carbons (Fsp3) is 0.182. The van der Waals surface area contributed by atoms with Crippen LogP contribution in [0.5, 0.6) is 5.75 Å². The number of hydrogen-bond acceptors (Lipinski definition) is 4. The van der Waals surface area contributed by atoms with Crippen LogP contribution in [0.4, 0.5) is 10.2 Å². The van der Waals surface area contributed by atoms with Gasteiger partial charge in [0.25, 0.3) is 0 Å². The highest BCUT2D eigenvalue weighted by Crippen LogP contribution is 2.38. The first-order chi connectivity index (χ1) is 8.15. The standard InChI is InChI=1S/C11H12FN3OS/c1-16-11-7(8-5-10(13)15-14-8)3-6(12)4-9(11)17-2/h3-5H,1-2H3,(H3,13,14,15). The number of nitrogen functional groups attached to an aromatic ring is 1. The monoisotopic (exact) mass is 253 g/mol. The van der Waals surface area contributed by atoms with Gasteiger partial charge < -0.3 is 10.5 Å². The SMILES string of the molecule is COc1c(SC)cc(F)cc1-c1cc(N)n[nH]1. The number of nitrogens with zero attached hydrogens (tertiary/aromatic N) is 1. The van der Waals surface area contributed by atoms with Gasteiger partial charge in [0.1, 0.15) is 17.4 Å². The van der Waals surface area contributed by atoms with Crippen molar-refractivity contribution in [2.45, 2.75) is 4.90 Å². The molecule has 0 amide bonds. The van der Waals surface area contributed by atoms with Crippen molar-refractivity contribution in [1.82, 2.24) is 10.2 Å². The van der Waals surface area contributed by atoms with Crippen LogP contribution >= 0.6 is 11.8 Å². The molecule has 0 aliphatic carbocycles. The van der Waals surface area contributed by atoms with Gasteiger partial charge in [-0.3, -0.25) is 5.10 Å². The Morgan fingerprint density at radius 2 is 2.18 bits per heavy atom. The second kappa shape index (κ2) is 4.67. The minimum absolute atomic E-state index is 0.321. The summed E-state index contributed by atoms with van der Waals surface area (Å²) >= 11 is 1.42. The van der Waals surface area contributed by atoms with Crippen LogP contribution in [0.15, 0.2) is 23.1 Å². The predicted molar refractivity (Wildman–Crippen MR) is 66.7 cm³/mol. The van der Waals surface area contributed by atoms with Crippen LogP contribution in [0, 0.1) is 5.82 Å². The summed E-state index contributed by atoms with van der Waals surface area (Å²) in [6.45, 7) is 0. The third kappa shape index (κ3) is 2.21. The topological polar surface area (TPSA) is 63.9 Å². The van der Waals surface area contributed by atoms with E-state index in [-0.39, 0.29) is 5.82 Å². The second-order valence-corrected chi connectivity index (χ2v) is 4.24. The minimum atomic E-state index is -0.321. The first kappa shape index (κ1) is 11.8. The Bertz CT molecular complexity index is 542. The summed E-state index contributed by atoms with van der Waals surface area (Å²) in [6.07, 6.45) is 1.86.